The van der Waals surface area contributed by atoms with Crippen LogP contribution in [-0.4, -0.2) is 55.6 Å². The van der Waals surface area contributed by atoms with Gasteiger partial charge in [-0.3, -0.25) is 9.79 Å². The SMILES string of the molecule is CCNC(=NCC(O)c1cc2ccccc2s1)NCCc1cccc(C(=O)N(C)C)c1. The van der Waals surface area contributed by atoms with Crippen LogP contribution >= 0.6 is 11.3 Å². The smallest absolute Gasteiger partial charge is 0.253 e. The maximum Gasteiger partial charge on any atom is 0.253 e. The number of rotatable bonds is 8. The van der Waals surface area contributed by atoms with Crippen molar-refractivity contribution in [2.24, 2.45) is 4.99 Å². The number of hydrogen-bond acceptors (Lipinski definition) is 4. The molecular weight excluding hydrogens is 408 g/mol. The Morgan fingerprint density at radius 1 is 1.13 bits per heavy atom. The highest BCUT2D eigenvalue weighted by Gasteiger charge is 2.12. The third-order valence-corrected chi connectivity index (χ3v) is 6.04. The summed E-state index contributed by atoms with van der Waals surface area (Å²) in [5.74, 6) is 0.670. The largest absolute Gasteiger partial charge is 0.386 e. The molecular formula is C24H30N4O2S. The van der Waals surface area contributed by atoms with E-state index >= 15 is 0 Å². The van der Waals surface area contributed by atoms with Crippen LogP contribution in [0.15, 0.2) is 59.6 Å². The first-order chi connectivity index (χ1) is 15.0. The van der Waals surface area contributed by atoms with E-state index in [-0.39, 0.29) is 12.5 Å². The molecule has 6 nitrogen and oxygen atoms in total. The lowest BCUT2D eigenvalue weighted by atomic mass is 10.1. The zero-order valence-corrected chi connectivity index (χ0v) is 19.1. The Kier molecular flexibility index (Phi) is 8.03. The molecule has 3 aromatic rings. The fourth-order valence-electron chi connectivity index (χ4n) is 3.22. The Morgan fingerprint density at radius 3 is 2.68 bits per heavy atom. The van der Waals surface area contributed by atoms with Gasteiger partial charge >= 0.3 is 0 Å². The van der Waals surface area contributed by atoms with Crippen molar-refractivity contribution in [1.82, 2.24) is 15.5 Å². The van der Waals surface area contributed by atoms with Crippen molar-refractivity contribution in [2.45, 2.75) is 19.4 Å². The third kappa shape index (κ3) is 6.29. The van der Waals surface area contributed by atoms with Gasteiger partial charge in [-0.15, -0.1) is 11.3 Å². The summed E-state index contributed by atoms with van der Waals surface area (Å²) < 4.78 is 1.17. The third-order valence-electron chi connectivity index (χ3n) is 4.83. The summed E-state index contributed by atoms with van der Waals surface area (Å²) in [5.41, 5.74) is 1.77. The minimum absolute atomic E-state index is 0.0000593. The van der Waals surface area contributed by atoms with E-state index in [4.69, 9.17) is 0 Å². The second-order valence-corrected chi connectivity index (χ2v) is 8.61. The Hall–Kier alpha value is -2.90. The standard InChI is InChI=1S/C24H30N4O2S/c1-4-25-24(26-13-12-17-8-7-10-19(14-17)23(30)28(2)3)27-16-20(29)22-15-18-9-5-6-11-21(18)31-22/h5-11,14-15,20,29H,4,12-13,16H2,1-3H3,(H2,25,26,27). The summed E-state index contributed by atoms with van der Waals surface area (Å²) in [5, 5.41) is 18.3. The van der Waals surface area contributed by atoms with Gasteiger partial charge in [-0.05, 0) is 48.6 Å². The van der Waals surface area contributed by atoms with Gasteiger partial charge in [0.2, 0.25) is 0 Å². The monoisotopic (exact) mass is 438 g/mol. The quantitative estimate of drug-likeness (QED) is 0.372. The topological polar surface area (TPSA) is 77.0 Å². The highest BCUT2D eigenvalue weighted by molar-refractivity contribution is 7.19. The van der Waals surface area contributed by atoms with E-state index in [1.807, 2.05) is 49.4 Å². The van der Waals surface area contributed by atoms with E-state index in [9.17, 15) is 9.90 Å². The van der Waals surface area contributed by atoms with Crippen LogP contribution in [0, 0.1) is 0 Å². The fourth-order valence-corrected chi connectivity index (χ4v) is 4.26. The Morgan fingerprint density at radius 2 is 1.94 bits per heavy atom. The average Bonchev–Trinajstić information content (AvgIpc) is 3.21. The number of amides is 1. The highest BCUT2D eigenvalue weighted by atomic mass is 32.1. The summed E-state index contributed by atoms with van der Waals surface area (Å²) in [4.78, 5) is 19.2. The molecule has 0 aliphatic carbocycles. The molecule has 1 unspecified atom stereocenters. The van der Waals surface area contributed by atoms with E-state index in [2.05, 4.69) is 27.8 Å². The lowest BCUT2D eigenvalue weighted by Gasteiger charge is -2.13. The van der Waals surface area contributed by atoms with Crippen molar-refractivity contribution >= 4 is 33.3 Å². The van der Waals surface area contributed by atoms with E-state index in [0.29, 0.717) is 18.1 Å². The molecule has 0 fully saturated rings. The molecule has 0 aliphatic rings. The number of nitrogens with one attached hydrogen (secondary N) is 2. The normalized spacial score (nSPS) is 12.6. The molecule has 2 aromatic carbocycles. The number of aliphatic hydroxyl groups is 1. The molecule has 0 spiro atoms. The van der Waals surface area contributed by atoms with Gasteiger partial charge in [-0.25, -0.2) is 0 Å². The number of guanidine groups is 1. The van der Waals surface area contributed by atoms with Crippen LogP contribution in [0.25, 0.3) is 10.1 Å². The van der Waals surface area contributed by atoms with Crippen LogP contribution in [0.2, 0.25) is 0 Å². The summed E-state index contributed by atoms with van der Waals surface area (Å²) in [7, 11) is 3.51. The highest BCUT2D eigenvalue weighted by Crippen LogP contribution is 2.29. The van der Waals surface area contributed by atoms with E-state index < -0.39 is 6.10 Å². The molecule has 7 heteroatoms. The molecule has 0 saturated carbocycles. The van der Waals surface area contributed by atoms with Crippen molar-refractivity contribution in [3.05, 3.63) is 70.6 Å². The lowest BCUT2D eigenvalue weighted by molar-refractivity contribution is 0.0827. The van der Waals surface area contributed by atoms with Crippen LogP contribution in [-0.2, 0) is 6.42 Å². The van der Waals surface area contributed by atoms with Crippen molar-refractivity contribution < 1.29 is 9.90 Å². The number of aliphatic imine (C=N–C) groups is 1. The molecule has 1 heterocycles. The molecule has 0 aliphatic heterocycles. The molecule has 1 aromatic heterocycles. The van der Waals surface area contributed by atoms with Gasteiger partial charge in [0, 0.05) is 42.3 Å². The van der Waals surface area contributed by atoms with Crippen molar-refractivity contribution in [2.75, 3.05) is 33.7 Å². The van der Waals surface area contributed by atoms with Gasteiger partial charge in [0.05, 0.1) is 6.54 Å². The lowest BCUT2D eigenvalue weighted by Crippen LogP contribution is -2.38. The van der Waals surface area contributed by atoms with Crippen LogP contribution in [0.5, 0.6) is 0 Å². The fraction of sp³-hybridized carbons (Fsp3) is 0.333. The number of fused-ring (bicyclic) bond motifs is 1. The van der Waals surface area contributed by atoms with Gasteiger partial charge < -0.3 is 20.6 Å². The predicted molar refractivity (Wildman–Crippen MR) is 129 cm³/mol. The van der Waals surface area contributed by atoms with Gasteiger partial charge in [-0.1, -0.05) is 30.3 Å². The number of carbonyl (C=O) groups excluding carboxylic acids is 1. The van der Waals surface area contributed by atoms with Crippen molar-refractivity contribution in [1.29, 1.82) is 0 Å². The molecule has 1 atom stereocenters. The first-order valence-electron chi connectivity index (χ1n) is 10.5. The van der Waals surface area contributed by atoms with Gasteiger partial charge in [-0.2, -0.15) is 0 Å². The van der Waals surface area contributed by atoms with Gasteiger partial charge in [0.15, 0.2) is 5.96 Å². The number of benzene rings is 2. The minimum atomic E-state index is -0.637. The van der Waals surface area contributed by atoms with Crippen LogP contribution in [0.3, 0.4) is 0 Å². The number of hydrogen-bond donors (Lipinski definition) is 3. The summed E-state index contributed by atoms with van der Waals surface area (Å²) in [6.07, 6.45) is 0.124. The van der Waals surface area contributed by atoms with Crippen LogP contribution in [0.1, 0.15) is 33.8 Å². The predicted octanol–water partition coefficient (Wildman–Crippen LogP) is 3.43. The molecule has 3 rings (SSSR count). The maximum absolute atomic E-state index is 12.1. The van der Waals surface area contributed by atoms with Crippen LogP contribution in [0.4, 0.5) is 0 Å². The van der Waals surface area contributed by atoms with Crippen molar-refractivity contribution in [3.8, 4) is 0 Å². The second-order valence-electron chi connectivity index (χ2n) is 7.50. The average molecular weight is 439 g/mol. The number of nitrogens with zero attached hydrogens (tertiary/aromatic N) is 2. The summed E-state index contributed by atoms with van der Waals surface area (Å²) in [6.45, 7) is 3.70. The zero-order valence-electron chi connectivity index (χ0n) is 18.3. The Balaban J connectivity index is 1.57. The summed E-state index contributed by atoms with van der Waals surface area (Å²) in [6, 6.07) is 17.8. The molecule has 0 radical (unpaired) electrons. The summed E-state index contributed by atoms with van der Waals surface area (Å²) >= 11 is 1.60. The van der Waals surface area contributed by atoms with Gasteiger partial charge in [0.1, 0.15) is 6.10 Å². The molecule has 164 valence electrons. The molecule has 3 N–H and O–H groups in total. The van der Waals surface area contributed by atoms with Crippen LogP contribution < -0.4 is 10.6 Å². The molecule has 0 saturated heterocycles. The first kappa shape index (κ1) is 22.8. The Bertz CT molecular complexity index is 1010. The zero-order chi connectivity index (χ0) is 22.2. The minimum Gasteiger partial charge on any atom is -0.386 e. The number of thiophene rings is 1. The Labute approximate surface area is 187 Å². The maximum atomic E-state index is 12.1. The number of carbonyl (C=O) groups is 1. The second kappa shape index (κ2) is 10.9. The molecule has 31 heavy (non-hydrogen) atoms. The van der Waals surface area contributed by atoms with E-state index in [0.717, 1.165) is 28.8 Å². The number of aliphatic hydroxyl groups excluding tert-OH is 1. The van der Waals surface area contributed by atoms with Crippen molar-refractivity contribution in [3.63, 3.8) is 0 Å². The van der Waals surface area contributed by atoms with E-state index in [1.54, 1.807) is 30.3 Å². The first-order valence-corrected chi connectivity index (χ1v) is 11.3. The molecule has 1 amide bonds. The van der Waals surface area contributed by atoms with E-state index in [1.165, 1.54) is 4.70 Å². The van der Waals surface area contributed by atoms with Gasteiger partial charge in [0.25, 0.3) is 5.91 Å². The molecule has 0 bridgehead atoms.